The van der Waals surface area contributed by atoms with Crippen LogP contribution in [0.4, 0.5) is 0 Å². The van der Waals surface area contributed by atoms with Crippen molar-refractivity contribution in [2.24, 2.45) is 0 Å². The molecule has 0 amide bonds. The van der Waals surface area contributed by atoms with Crippen LogP contribution >= 0.6 is 27.7 Å². The standard InChI is InChI=1S/C17H17BrS/c18-12-15(13-6-2-1-3-7-13)11-16-10-14-8-4-5-9-17(14)19-16/h1-9,15-16H,10-12H2. The molecule has 0 nitrogen and oxygen atoms in total. The summed E-state index contributed by atoms with van der Waals surface area (Å²) in [6, 6.07) is 19.7. The molecular formula is C17H17BrS. The van der Waals surface area contributed by atoms with E-state index in [1.807, 2.05) is 0 Å². The van der Waals surface area contributed by atoms with Gasteiger partial charge in [0, 0.05) is 15.5 Å². The van der Waals surface area contributed by atoms with E-state index in [9.17, 15) is 0 Å². The Balaban J connectivity index is 1.69. The van der Waals surface area contributed by atoms with Crippen molar-refractivity contribution >= 4 is 27.7 Å². The van der Waals surface area contributed by atoms with E-state index < -0.39 is 0 Å². The third kappa shape index (κ3) is 3.06. The van der Waals surface area contributed by atoms with Crippen LogP contribution in [0.5, 0.6) is 0 Å². The van der Waals surface area contributed by atoms with Crippen LogP contribution in [0.1, 0.15) is 23.5 Å². The maximum atomic E-state index is 3.69. The lowest BCUT2D eigenvalue weighted by atomic mass is 9.94. The first-order chi connectivity index (χ1) is 9.36. The fraction of sp³-hybridized carbons (Fsp3) is 0.294. The average Bonchev–Trinajstić information content (AvgIpc) is 2.88. The van der Waals surface area contributed by atoms with Gasteiger partial charge in [0.1, 0.15) is 0 Å². The highest BCUT2D eigenvalue weighted by molar-refractivity contribution is 9.09. The molecule has 0 aliphatic carbocycles. The van der Waals surface area contributed by atoms with Crippen LogP contribution in [-0.4, -0.2) is 10.6 Å². The average molecular weight is 333 g/mol. The maximum Gasteiger partial charge on any atom is 0.0141 e. The molecule has 0 fully saturated rings. The lowest BCUT2D eigenvalue weighted by Crippen LogP contribution is -2.10. The number of hydrogen-bond acceptors (Lipinski definition) is 1. The summed E-state index contributed by atoms with van der Waals surface area (Å²) in [4.78, 5) is 1.48. The second-order valence-electron chi connectivity index (χ2n) is 5.05. The van der Waals surface area contributed by atoms with E-state index in [4.69, 9.17) is 0 Å². The Labute approximate surface area is 127 Å². The van der Waals surface area contributed by atoms with Gasteiger partial charge in [-0.25, -0.2) is 0 Å². The van der Waals surface area contributed by atoms with Crippen molar-refractivity contribution < 1.29 is 0 Å². The van der Waals surface area contributed by atoms with Gasteiger partial charge in [0.15, 0.2) is 0 Å². The van der Waals surface area contributed by atoms with E-state index in [-0.39, 0.29) is 0 Å². The minimum atomic E-state index is 0.619. The number of alkyl halides is 1. The van der Waals surface area contributed by atoms with Gasteiger partial charge >= 0.3 is 0 Å². The van der Waals surface area contributed by atoms with Crippen molar-refractivity contribution in [1.82, 2.24) is 0 Å². The first-order valence-electron chi connectivity index (χ1n) is 6.72. The molecule has 98 valence electrons. The summed E-state index contributed by atoms with van der Waals surface area (Å²) in [6.45, 7) is 0. The minimum Gasteiger partial charge on any atom is -0.122 e. The zero-order valence-corrected chi connectivity index (χ0v) is 13.2. The molecule has 2 atom stereocenters. The number of fused-ring (bicyclic) bond motifs is 1. The van der Waals surface area contributed by atoms with Crippen molar-refractivity contribution in [2.75, 3.05) is 5.33 Å². The van der Waals surface area contributed by atoms with E-state index in [0.29, 0.717) is 5.92 Å². The third-order valence-corrected chi connectivity index (χ3v) is 5.84. The van der Waals surface area contributed by atoms with Crippen molar-refractivity contribution in [3.63, 3.8) is 0 Å². The molecule has 0 radical (unpaired) electrons. The summed E-state index contributed by atoms with van der Waals surface area (Å²) in [5.74, 6) is 0.619. The van der Waals surface area contributed by atoms with E-state index in [0.717, 1.165) is 10.6 Å². The molecule has 0 aromatic heterocycles. The fourth-order valence-corrected chi connectivity index (χ4v) is 4.76. The van der Waals surface area contributed by atoms with Crippen molar-refractivity contribution in [3.8, 4) is 0 Å². The molecule has 2 aromatic carbocycles. The van der Waals surface area contributed by atoms with Crippen LogP contribution in [0.15, 0.2) is 59.5 Å². The summed E-state index contributed by atoms with van der Waals surface area (Å²) in [5, 5.41) is 1.77. The molecule has 2 heteroatoms. The summed E-state index contributed by atoms with van der Waals surface area (Å²) in [5.41, 5.74) is 2.98. The smallest absolute Gasteiger partial charge is 0.0141 e. The quantitative estimate of drug-likeness (QED) is 0.687. The van der Waals surface area contributed by atoms with Crippen LogP contribution in [0.2, 0.25) is 0 Å². The van der Waals surface area contributed by atoms with Crippen LogP contribution in [0, 0.1) is 0 Å². The molecular weight excluding hydrogens is 316 g/mol. The Bertz CT molecular complexity index is 513. The topological polar surface area (TPSA) is 0 Å². The first-order valence-corrected chi connectivity index (χ1v) is 8.72. The highest BCUT2D eigenvalue weighted by Gasteiger charge is 2.25. The molecule has 1 aliphatic heterocycles. The molecule has 0 N–H and O–H groups in total. The van der Waals surface area contributed by atoms with Gasteiger partial charge in [-0.2, -0.15) is 0 Å². The van der Waals surface area contributed by atoms with Crippen LogP contribution in [0.25, 0.3) is 0 Å². The molecule has 19 heavy (non-hydrogen) atoms. The highest BCUT2D eigenvalue weighted by Crippen LogP contribution is 2.41. The fourth-order valence-electron chi connectivity index (χ4n) is 2.72. The second-order valence-corrected chi connectivity index (χ2v) is 7.04. The van der Waals surface area contributed by atoms with E-state index in [2.05, 4.69) is 82.3 Å². The van der Waals surface area contributed by atoms with Gasteiger partial charge in [-0.15, -0.1) is 11.8 Å². The number of benzene rings is 2. The van der Waals surface area contributed by atoms with E-state index >= 15 is 0 Å². The van der Waals surface area contributed by atoms with Gasteiger partial charge in [-0.1, -0.05) is 64.5 Å². The summed E-state index contributed by atoms with van der Waals surface area (Å²) < 4.78 is 0. The maximum absolute atomic E-state index is 3.69. The normalized spacial score (nSPS) is 19.1. The van der Waals surface area contributed by atoms with Gasteiger partial charge < -0.3 is 0 Å². The second kappa shape index (κ2) is 6.15. The van der Waals surface area contributed by atoms with Gasteiger partial charge in [-0.3, -0.25) is 0 Å². The third-order valence-electron chi connectivity index (χ3n) is 3.72. The molecule has 0 saturated heterocycles. The largest absolute Gasteiger partial charge is 0.122 e. The van der Waals surface area contributed by atoms with Gasteiger partial charge in [0.2, 0.25) is 0 Å². The summed E-state index contributed by atoms with van der Waals surface area (Å²) in [6.07, 6.45) is 2.46. The number of rotatable bonds is 4. The Morgan fingerprint density at radius 2 is 1.79 bits per heavy atom. The van der Waals surface area contributed by atoms with Crippen LogP contribution in [-0.2, 0) is 6.42 Å². The van der Waals surface area contributed by atoms with Gasteiger partial charge in [0.05, 0.1) is 0 Å². The zero-order valence-electron chi connectivity index (χ0n) is 10.8. The first kappa shape index (κ1) is 13.3. The number of thioether (sulfide) groups is 1. The SMILES string of the molecule is BrCC(CC1Cc2ccccc2S1)c1ccccc1. The predicted molar refractivity (Wildman–Crippen MR) is 87.4 cm³/mol. The molecule has 3 rings (SSSR count). The van der Waals surface area contributed by atoms with E-state index in [1.165, 1.54) is 28.9 Å². The van der Waals surface area contributed by atoms with Crippen molar-refractivity contribution in [2.45, 2.75) is 28.9 Å². The molecule has 1 heterocycles. The van der Waals surface area contributed by atoms with Crippen molar-refractivity contribution in [1.29, 1.82) is 0 Å². The highest BCUT2D eigenvalue weighted by atomic mass is 79.9. The lowest BCUT2D eigenvalue weighted by Gasteiger charge is -2.18. The van der Waals surface area contributed by atoms with E-state index in [1.54, 1.807) is 0 Å². The van der Waals surface area contributed by atoms with Crippen LogP contribution in [0.3, 0.4) is 0 Å². The van der Waals surface area contributed by atoms with Crippen LogP contribution < -0.4 is 0 Å². The lowest BCUT2D eigenvalue weighted by molar-refractivity contribution is 0.663. The van der Waals surface area contributed by atoms with Crippen molar-refractivity contribution in [3.05, 3.63) is 65.7 Å². The van der Waals surface area contributed by atoms with Gasteiger partial charge in [-0.05, 0) is 36.0 Å². The zero-order chi connectivity index (χ0) is 13.1. The molecule has 2 unspecified atom stereocenters. The summed E-state index contributed by atoms with van der Waals surface area (Å²) >= 11 is 5.74. The summed E-state index contributed by atoms with van der Waals surface area (Å²) in [7, 11) is 0. The Hall–Kier alpha value is -0.730. The molecule has 0 spiro atoms. The number of halogens is 1. The predicted octanol–water partition coefficient (Wildman–Crippen LogP) is 5.27. The monoisotopic (exact) mass is 332 g/mol. The molecule has 0 bridgehead atoms. The Morgan fingerprint density at radius 1 is 1.05 bits per heavy atom. The minimum absolute atomic E-state index is 0.619. The van der Waals surface area contributed by atoms with Gasteiger partial charge in [0.25, 0.3) is 0 Å². The Kier molecular flexibility index (Phi) is 4.29. The Morgan fingerprint density at radius 3 is 2.53 bits per heavy atom. The molecule has 1 aliphatic rings. The molecule has 2 aromatic rings. The number of hydrogen-bond donors (Lipinski definition) is 0. The molecule has 0 saturated carbocycles.